The highest BCUT2D eigenvalue weighted by molar-refractivity contribution is 6.67. The van der Waals surface area contributed by atoms with Crippen LogP contribution in [0.15, 0.2) is 54.6 Å². The monoisotopic (exact) mass is 195 g/mol. The summed E-state index contributed by atoms with van der Waals surface area (Å²) in [5.74, 6) is 0. The summed E-state index contributed by atoms with van der Waals surface area (Å²) in [5, 5.41) is 8.91. The van der Waals surface area contributed by atoms with Gasteiger partial charge in [0.25, 0.3) is 0 Å². The first-order valence-electron chi connectivity index (χ1n) is 4.98. The maximum Gasteiger partial charge on any atom is 0.191 e. The molecule has 0 saturated heterocycles. The zero-order chi connectivity index (χ0) is 10.5. The van der Waals surface area contributed by atoms with Crippen molar-refractivity contribution in [1.29, 1.82) is 0 Å². The molecule has 0 atom stereocenters. The second-order valence-corrected chi connectivity index (χ2v) is 3.45. The highest BCUT2D eigenvalue weighted by atomic mass is 16.3. The van der Waals surface area contributed by atoms with Crippen LogP contribution in [-0.4, -0.2) is 12.4 Å². The highest BCUT2D eigenvalue weighted by Crippen LogP contribution is 1.95. The molecule has 0 saturated carbocycles. The summed E-state index contributed by atoms with van der Waals surface area (Å²) in [4.78, 5) is 0. The fraction of sp³-hybridized carbons (Fsp3) is 0.0769. The Morgan fingerprint density at radius 2 is 1.40 bits per heavy atom. The van der Waals surface area contributed by atoms with Crippen LogP contribution >= 0.6 is 0 Å². The number of benzene rings is 2. The molecule has 0 amide bonds. The van der Waals surface area contributed by atoms with Gasteiger partial charge in [-0.25, -0.2) is 0 Å². The van der Waals surface area contributed by atoms with E-state index < -0.39 is 0 Å². The second-order valence-electron chi connectivity index (χ2n) is 3.45. The zero-order valence-corrected chi connectivity index (χ0v) is 8.43. The van der Waals surface area contributed by atoms with Crippen LogP contribution < -0.4 is 10.9 Å². The van der Waals surface area contributed by atoms with Crippen LogP contribution in [-0.2, 0) is 6.61 Å². The number of aliphatic hydroxyl groups is 1. The third-order valence-corrected chi connectivity index (χ3v) is 2.30. The summed E-state index contributed by atoms with van der Waals surface area (Å²) in [7, 11) is 2.11. The number of hydrogen-bond acceptors (Lipinski definition) is 1. The summed E-state index contributed by atoms with van der Waals surface area (Å²) in [6.45, 7) is 0.103. The summed E-state index contributed by atoms with van der Waals surface area (Å²) in [6, 6.07) is 18.1. The molecule has 0 aliphatic rings. The Morgan fingerprint density at radius 3 is 2.00 bits per heavy atom. The van der Waals surface area contributed by atoms with E-state index >= 15 is 0 Å². The van der Waals surface area contributed by atoms with Gasteiger partial charge in [0.05, 0.1) is 6.61 Å². The maximum absolute atomic E-state index is 8.91. The van der Waals surface area contributed by atoms with E-state index in [1.165, 1.54) is 5.46 Å². The average Bonchev–Trinajstić information content (AvgIpc) is 2.31. The van der Waals surface area contributed by atoms with Gasteiger partial charge in [-0.1, -0.05) is 65.5 Å². The molecule has 0 aromatic heterocycles. The highest BCUT2D eigenvalue weighted by Gasteiger charge is 1.97. The first kappa shape index (κ1) is 10.00. The number of rotatable bonds is 3. The molecule has 0 unspecified atom stereocenters. The predicted octanol–water partition coefficient (Wildman–Crippen LogP) is 0.834. The van der Waals surface area contributed by atoms with E-state index in [0.717, 1.165) is 11.0 Å². The molecule has 1 N–H and O–H groups in total. The van der Waals surface area contributed by atoms with Crippen molar-refractivity contribution in [3.63, 3.8) is 0 Å². The third kappa shape index (κ3) is 2.70. The largest absolute Gasteiger partial charge is 0.392 e. The molecule has 0 fully saturated rings. The van der Waals surface area contributed by atoms with E-state index in [1.54, 1.807) is 0 Å². The molecule has 0 bridgehead atoms. The lowest BCUT2D eigenvalue weighted by atomic mass is 9.64. The molecule has 0 spiro atoms. The van der Waals surface area contributed by atoms with Crippen LogP contribution in [0.25, 0.3) is 0 Å². The van der Waals surface area contributed by atoms with E-state index in [0.29, 0.717) is 0 Å². The molecule has 1 nitrogen and oxygen atoms in total. The summed E-state index contributed by atoms with van der Waals surface area (Å²) < 4.78 is 0. The fourth-order valence-corrected chi connectivity index (χ4v) is 1.46. The Hall–Kier alpha value is -1.54. The van der Waals surface area contributed by atoms with Crippen LogP contribution in [0, 0.1) is 0 Å². The van der Waals surface area contributed by atoms with Gasteiger partial charge in [-0.3, -0.25) is 0 Å². The molecular formula is C13H12BO. The molecule has 2 aromatic carbocycles. The third-order valence-electron chi connectivity index (χ3n) is 2.30. The average molecular weight is 195 g/mol. The van der Waals surface area contributed by atoms with Gasteiger partial charge in [0.15, 0.2) is 7.28 Å². The Bertz CT molecular complexity index is 408. The van der Waals surface area contributed by atoms with Crippen molar-refractivity contribution < 1.29 is 5.11 Å². The second kappa shape index (κ2) is 4.81. The van der Waals surface area contributed by atoms with Crippen LogP contribution in [0.5, 0.6) is 0 Å². The molecule has 0 aliphatic carbocycles. The molecule has 1 radical (unpaired) electrons. The minimum atomic E-state index is 0.103. The van der Waals surface area contributed by atoms with Crippen molar-refractivity contribution in [2.24, 2.45) is 0 Å². The van der Waals surface area contributed by atoms with Gasteiger partial charge in [-0.15, -0.1) is 0 Å². The predicted molar refractivity (Wildman–Crippen MR) is 63.8 cm³/mol. The number of aliphatic hydroxyl groups excluding tert-OH is 1. The van der Waals surface area contributed by atoms with Gasteiger partial charge in [0.1, 0.15) is 0 Å². The van der Waals surface area contributed by atoms with Crippen LogP contribution in [0.3, 0.4) is 0 Å². The lowest BCUT2D eigenvalue weighted by molar-refractivity contribution is 0.282. The zero-order valence-electron chi connectivity index (χ0n) is 8.43. The minimum Gasteiger partial charge on any atom is -0.392 e. The molecule has 15 heavy (non-hydrogen) atoms. The Balaban J connectivity index is 2.11. The molecule has 2 aromatic rings. The van der Waals surface area contributed by atoms with E-state index in [9.17, 15) is 0 Å². The summed E-state index contributed by atoms with van der Waals surface area (Å²) in [6.07, 6.45) is 0. The smallest absolute Gasteiger partial charge is 0.191 e. The summed E-state index contributed by atoms with van der Waals surface area (Å²) in [5.41, 5.74) is 3.29. The lowest BCUT2D eigenvalue weighted by Gasteiger charge is -2.01. The standard InChI is InChI=1S/C13H12BO/c15-10-11-6-8-13(9-7-11)14-12-4-2-1-3-5-12/h1-9,15H,10H2. The van der Waals surface area contributed by atoms with E-state index in [4.69, 9.17) is 5.11 Å². The first-order valence-corrected chi connectivity index (χ1v) is 4.98. The topological polar surface area (TPSA) is 20.2 Å². The van der Waals surface area contributed by atoms with Crippen LogP contribution in [0.2, 0.25) is 0 Å². The van der Waals surface area contributed by atoms with Crippen LogP contribution in [0.1, 0.15) is 5.56 Å². The Kier molecular flexibility index (Phi) is 3.20. The quantitative estimate of drug-likeness (QED) is 0.719. The van der Waals surface area contributed by atoms with Gasteiger partial charge >= 0.3 is 0 Å². The molecule has 2 rings (SSSR count). The van der Waals surface area contributed by atoms with Crippen molar-refractivity contribution in [2.75, 3.05) is 0 Å². The Morgan fingerprint density at radius 1 is 0.800 bits per heavy atom. The van der Waals surface area contributed by atoms with Crippen molar-refractivity contribution in [3.05, 3.63) is 60.2 Å². The van der Waals surface area contributed by atoms with E-state index in [2.05, 4.69) is 19.4 Å². The minimum absolute atomic E-state index is 0.103. The van der Waals surface area contributed by atoms with Crippen molar-refractivity contribution in [1.82, 2.24) is 0 Å². The van der Waals surface area contributed by atoms with Crippen molar-refractivity contribution in [2.45, 2.75) is 6.61 Å². The first-order chi connectivity index (χ1) is 7.38. The molecule has 0 aliphatic heterocycles. The molecule has 2 heteroatoms. The molecule has 0 heterocycles. The van der Waals surface area contributed by atoms with Gasteiger partial charge in [0, 0.05) is 0 Å². The van der Waals surface area contributed by atoms with Crippen LogP contribution in [0.4, 0.5) is 0 Å². The van der Waals surface area contributed by atoms with Gasteiger partial charge in [-0.05, 0) is 5.56 Å². The molecule has 73 valence electrons. The lowest BCUT2D eigenvalue weighted by Crippen LogP contribution is -2.26. The number of hydrogen-bond donors (Lipinski definition) is 1. The molecular weight excluding hydrogens is 183 g/mol. The van der Waals surface area contributed by atoms with Crippen molar-refractivity contribution in [3.8, 4) is 0 Å². The van der Waals surface area contributed by atoms with Gasteiger partial charge < -0.3 is 5.11 Å². The van der Waals surface area contributed by atoms with E-state index in [-0.39, 0.29) is 6.61 Å². The van der Waals surface area contributed by atoms with E-state index in [1.807, 2.05) is 42.5 Å². The van der Waals surface area contributed by atoms with Crippen molar-refractivity contribution >= 4 is 18.2 Å². The Labute approximate surface area is 90.6 Å². The van der Waals surface area contributed by atoms with Gasteiger partial charge in [-0.2, -0.15) is 0 Å². The summed E-state index contributed by atoms with van der Waals surface area (Å²) >= 11 is 0. The van der Waals surface area contributed by atoms with Gasteiger partial charge in [0.2, 0.25) is 0 Å². The maximum atomic E-state index is 8.91. The SMILES string of the molecule is OCc1ccc([B]c2ccccc2)cc1. The normalized spacial score (nSPS) is 9.93. The fourth-order valence-electron chi connectivity index (χ4n) is 1.46.